The van der Waals surface area contributed by atoms with Gasteiger partial charge in [-0.15, -0.1) is 5.10 Å². The second kappa shape index (κ2) is 11.1. The van der Waals surface area contributed by atoms with E-state index >= 15 is 0 Å². The highest BCUT2D eigenvalue weighted by molar-refractivity contribution is 5.94. The van der Waals surface area contributed by atoms with E-state index in [9.17, 15) is 4.79 Å². The molecule has 0 aliphatic heterocycles. The SMILES string of the molecule is CCN(CC)c1ccc(/C=N/NC(=O)c2nnn(-c3nonc3N)c2CN(C)c2ccccc2)cc1. The van der Waals surface area contributed by atoms with Gasteiger partial charge in [0, 0.05) is 31.5 Å². The molecule has 12 nitrogen and oxygen atoms in total. The van der Waals surface area contributed by atoms with Crippen LogP contribution in [0.3, 0.4) is 0 Å². The first-order valence-electron chi connectivity index (χ1n) is 11.5. The van der Waals surface area contributed by atoms with E-state index in [4.69, 9.17) is 10.4 Å². The second-order valence-electron chi connectivity index (χ2n) is 7.92. The van der Waals surface area contributed by atoms with Crippen molar-refractivity contribution in [2.24, 2.45) is 5.10 Å². The van der Waals surface area contributed by atoms with Gasteiger partial charge in [-0.25, -0.2) is 10.1 Å². The van der Waals surface area contributed by atoms with E-state index in [0.717, 1.165) is 30.0 Å². The molecule has 1 amide bonds. The van der Waals surface area contributed by atoms with Crippen molar-refractivity contribution in [1.82, 2.24) is 30.7 Å². The normalized spacial score (nSPS) is 11.1. The molecule has 2 heterocycles. The Morgan fingerprint density at radius 2 is 1.81 bits per heavy atom. The highest BCUT2D eigenvalue weighted by Gasteiger charge is 2.25. The predicted molar refractivity (Wildman–Crippen MR) is 137 cm³/mol. The summed E-state index contributed by atoms with van der Waals surface area (Å²) in [7, 11) is 1.89. The maximum absolute atomic E-state index is 13.0. The molecular weight excluding hydrogens is 460 g/mol. The minimum atomic E-state index is -0.524. The fourth-order valence-corrected chi connectivity index (χ4v) is 3.70. The summed E-state index contributed by atoms with van der Waals surface area (Å²) in [5, 5.41) is 19.6. The lowest BCUT2D eigenvalue weighted by Gasteiger charge is -2.20. The maximum Gasteiger partial charge on any atom is 0.293 e. The van der Waals surface area contributed by atoms with Crippen molar-refractivity contribution < 1.29 is 9.42 Å². The quantitative estimate of drug-likeness (QED) is 0.254. The van der Waals surface area contributed by atoms with Gasteiger partial charge in [-0.2, -0.15) is 9.78 Å². The first-order valence-corrected chi connectivity index (χ1v) is 11.5. The van der Waals surface area contributed by atoms with Crippen LogP contribution in [0, 0.1) is 0 Å². The van der Waals surface area contributed by atoms with Gasteiger partial charge in [0.05, 0.1) is 18.5 Å². The van der Waals surface area contributed by atoms with Gasteiger partial charge in [0.2, 0.25) is 11.6 Å². The van der Waals surface area contributed by atoms with Crippen LogP contribution in [0.4, 0.5) is 17.2 Å². The van der Waals surface area contributed by atoms with Crippen molar-refractivity contribution in [3.63, 3.8) is 0 Å². The molecule has 0 radical (unpaired) electrons. The lowest BCUT2D eigenvalue weighted by atomic mass is 10.2. The van der Waals surface area contributed by atoms with E-state index < -0.39 is 5.91 Å². The molecule has 0 saturated heterocycles. The molecule has 0 aliphatic carbocycles. The van der Waals surface area contributed by atoms with E-state index in [0.29, 0.717) is 5.69 Å². The van der Waals surface area contributed by atoms with Gasteiger partial charge in [0.25, 0.3) is 5.91 Å². The molecule has 3 N–H and O–H groups in total. The number of rotatable bonds is 10. The summed E-state index contributed by atoms with van der Waals surface area (Å²) in [6, 6.07) is 17.6. The van der Waals surface area contributed by atoms with Crippen LogP contribution in [-0.4, -0.2) is 57.6 Å². The summed E-state index contributed by atoms with van der Waals surface area (Å²) in [6.07, 6.45) is 1.57. The average molecular weight is 489 g/mol. The molecule has 0 spiro atoms. The van der Waals surface area contributed by atoms with E-state index in [2.05, 4.69) is 49.9 Å². The zero-order chi connectivity index (χ0) is 25.5. The molecule has 0 bridgehead atoms. The molecule has 186 valence electrons. The number of anilines is 3. The van der Waals surface area contributed by atoms with E-state index in [1.54, 1.807) is 6.21 Å². The molecule has 0 atom stereocenters. The number of para-hydroxylation sites is 1. The highest BCUT2D eigenvalue weighted by atomic mass is 16.6. The topological polar surface area (TPSA) is 144 Å². The number of carbonyl (C=O) groups excluding carboxylic acids is 1. The van der Waals surface area contributed by atoms with Crippen molar-refractivity contribution >= 4 is 29.3 Å². The lowest BCUT2D eigenvalue weighted by molar-refractivity contribution is 0.0949. The Labute approximate surface area is 208 Å². The van der Waals surface area contributed by atoms with Gasteiger partial charge in [0.15, 0.2) is 5.69 Å². The minimum absolute atomic E-state index is 0.0293. The molecule has 4 rings (SSSR count). The summed E-state index contributed by atoms with van der Waals surface area (Å²) in [5.41, 5.74) is 11.8. The Balaban J connectivity index is 1.54. The fraction of sp³-hybridized carbons (Fsp3) is 0.250. The number of benzene rings is 2. The fourth-order valence-electron chi connectivity index (χ4n) is 3.70. The van der Waals surface area contributed by atoms with Gasteiger partial charge < -0.3 is 15.5 Å². The van der Waals surface area contributed by atoms with Crippen molar-refractivity contribution in [3.8, 4) is 5.82 Å². The smallest absolute Gasteiger partial charge is 0.293 e. The predicted octanol–water partition coefficient (Wildman–Crippen LogP) is 2.48. The molecule has 0 aliphatic rings. The Kier molecular flexibility index (Phi) is 7.54. The number of hydrogen-bond donors (Lipinski definition) is 2. The van der Waals surface area contributed by atoms with Crippen molar-refractivity contribution in [2.75, 3.05) is 35.7 Å². The minimum Gasteiger partial charge on any atom is -0.378 e. The Morgan fingerprint density at radius 3 is 2.44 bits per heavy atom. The van der Waals surface area contributed by atoms with Crippen LogP contribution in [0.15, 0.2) is 64.3 Å². The van der Waals surface area contributed by atoms with Crippen LogP contribution in [-0.2, 0) is 6.54 Å². The number of aromatic nitrogens is 5. The summed E-state index contributed by atoms with van der Waals surface area (Å²) in [6.45, 7) is 6.37. The van der Waals surface area contributed by atoms with Gasteiger partial charge in [0.1, 0.15) is 0 Å². The van der Waals surface area contributed by atoms with Gasteiger partial charge in [-0.05, 0) is 54.0 Å². The third-order valence-electron chi connectivity index (χ3n) is 5.66. The summed E-state index contributed by atoms with van der Waals surface area (Å²) in [4.78, 5) is 17.2. The van der Waals surface area contributed by atoms with Gasteiger partial charge >= 0.3 is 0 Å². The van der Waals surface area contributed by atoms with E-state index in [-0.39, 0.29) is 23.9 Å². The van der Waals surface area contributed by atoms with Crippen LogP contribution >= 0.6 is 0 Å². The van der Waals surface area contributed by atoms with Gasteiger partial charge in [-0.3, -0.25) is 4.79 Å². The second-order valence-corrected chi connectivity index (χ2v) is 7.92. The van der Waals surface area contributed by atoms with Crippen LogP contribution < -0.4 is 21.0 Å². The Hall–Kier alpha value is -4.74. The lowest BCUT2D eigenvalue weighted by Crippen LogP contribution is -2.24. The summed E-state index contributed by atoms with van der Waals surface area (Å²) in [5.74, 6) is -0.347. The number of nitrogen functional groups attached to an aromatic ring is 1. The van der Waals surface area contributed by atoms with Gasteiger partial charge in [-0.1, -0.05) is 35.5 Å². The number of nitrogens with zero attached hydrogens (tertiary/aromatic N) is 8. The zero-order valence-electron chi connectivity index (χ0n) is 20.4. The first-order chi connectivity index (χ1) is 17.5. The number of hydrogen-bond acceptors (Lipinski definition) is 10. The number of hydrazone groups is 1. The molecule has 12 heteroatoms. The number of carbonyl (C=O) groups is 1. The van der Waals surface area contributed by atoms with Crippen LogP contribution in [0.5, 0.6) is 0 Å². The number of nitrogens with one attached hydrogen (secondary N) is 1. The Morgan fingerprint density at radius 1 is 1.08 bits per heavy atom. The number of nitrogens with two attached hydrogens (primary N) is 1. The highest BCUT2D eigenvalue weighted by Crippen LogP contribution is 2.20. The molecule has 0 saturated carbocycles. The number of amides is 1. The van der Waals surface area contributed by atoms with Crippen molar-refractivity contribution in [2.45, 2.75) is 20.4 Å². The molecule has 0 fully saturated rings. The van der Waals surface area contributed by atoms with E-state index in [1.807, 2.05) is 66.5 Å². The molecule has 36 heavy (non-hydrogen) atoms. The summed E-state index contributed by atoms with van der Waals surface area (Å²) < 4.78 is 6.05. The largest absolute Gasteiger partial charge is 0.378 e. The van der Waals surface area contributed by atoms with Crippen LogP contribution in [0.2, 0.25) is 0 Å². The first kappa shape index (κ1) is 24.4. The van der Waals surface area contributed by atoms with Crippen molar-refractivity contribution in [3.05, 3.63) is 71.5 Å². The molecule has 0 unspecified atom stereocenters. The van der Waals surface area contributed by atoms with E-state index in [1.165, 1.54) is 4.68 Å². The van der Waals surface area contributed by atoms with Crippen molar-refractivity contribution in [1.29, 1.82) is 0 Å². The molecule has 4 aromatic rings. The monoisotopic (exact) mass is 488 g/mol. The van der Waals surface area contributed by atoms with Crippen LogP contribution in [0.25, 0.3) is 5.82 Å². The van der Waals surface area contributed by atoms with Crippen LogP contribution in [0.1, 0.15) is 35.6 Å². The Bertz CT molecular complexity index is 1310. The standard InChI is InChI=1S/C24H28N10O2/c1-4-33(5-2)19-13-11-17(12-14-19)15-26-28-24(35)21-20(16-32(3)18-9-7-6-8-10-18)34(31-27-21)23-22(25)29-36-30-23/h6-15H,4-5,16H2,1-3H3,(H2,25,29)(H,28,35)/b26-15+. The third kappa shape index (κ3) is 5.32. The maximum atomic E-state index is 13.0. The molecule has 2 aromatic carbocycles. The zero-order valence-corrected chi connectivity index (χ0v) is 20.4. The molecular formula is C24H28N10O2. The summed E-state index contributed by atoms with van der Waals surface area (Å²) >= 11 is 0. The third-order valence-corrected chi connectivity index (χ3v) is 5.66. The molecule has 2 aromatic heterocycles. The average Bonchev–Trinajstić information content (AvgIpc) is 3.51.